The number of ether oxygens (including phenoxy) is 2. The van der Waals surface area contributed by atoms with Crippen molar-refractivity contribution >= 4 is 33.5 Å². The Morgan fingerprint density at radius 3 is 2.53 bits per heavy atom. The summed E-state index contributed by atoms with van der Waals surface area (Å²) in [7, 11) is 2.55. The van der Waals surface area contributed by atoms with Crippen LogP contribution in [0.2, 0.25) is 5.02 Å². The van der Waals surface area contributed by atoms with Crippen molar-refractivity contribution in [3.05, 3.63) is 33.3 Å². The van der Waals surface area contributed by atoms with Crippen molar-refractivity contribution < 1.29 is 19.4 Å². The minimum atomic E-state index is -1.28. The Bertz CT molecular complexity index is 390. The molecule has 2 unspecified atom stereocenters. The second-order valence-electron chi connectivity index (χ2n) is 3.33. The Kier molecular flexibility index (Phi) is 5.39. The van der Waals surface area contributed by atoms with Crippen LogP contribution in [0.4, 0.5) is 0 Å². The van der Waals surface area contributed by atoms with Crippen LogP contribution in [0, 0.1) is 0 Å². The number of benzene rings is 1. The van der Waals surface area contributed by atoms with Gasteiger partial charge in [-0.3, -0.25) is 4.79 Å². The molecular formula is C11H12BrClO4. The summed E-state index contributed by atoms with van der Waals surface area (Å²) < 4.78 is 10.1. The van der Waals surface area contributed by atoms with Crippen molar-refractivity contribution in [2.24, 2.45) is 0 Å². The summed E-state index contributed by atoms with van der Waals surface area (Å²) in [5.41, 5.74) is 0.519. The van der Waals surface area contributed by atoms with E-state index in [4.69, 9.17) is 16.3 Å². The molecule has 2 atom stereocenters. The van der Waals surface area contributed by atoms with E-state index in [9.17, 15) is 9.90 Å². The Morgan fingerprint density at radius 1 is 1.41 bits per heavy atom. The third-order valence-corrected chi connectivity index (χ3v) is 2.90. The van der Waals surface area contributed by atoms with Gasteiger partial charge in [-0.05, 0) is 23.8 Å². The second kappa shape index (κ2) is 6.35. The van der Waals surface area contributed by atoms with E-state index < -0.39 is 18.2 Å². The lowest BCUT2D eigenvalue weighted by Gasteiger charge is -2.20. The fraction of sp³-hybridized carbons (Fsp3) is 0.364. The van der Waals surface area contributed by atoms with E-state index in [2.05, 4.69) is 20.7 Å². The molecule has 0 radical (unpaired) electrons. The number of aliphatic hydroxyl groups excluding tert-OH is 1. The minimum absolute atomic E-state index is 0.451. The van der Waals surface area contributed by atoms with Gasteiger partial charge in [0.05, 0.1) is 7.11 Å². The predicted octanol–water partition coefficient (Wildman–Crippen LogP) is 2.32. The van der Waals surface area contributed by atoms with Gasteiger partial charge in [0.25, 0.3) is 0 Å². The van der Waals surface area contributed by atoms with Crippen LogP contribution >= 0.6 is 27.5 Å². The normalized spacial score (nSPS) is 14.2. The molecule has 1 N–H and O–H groups in total. The molecule has 6 heteroatoms. The molecule has 17 heavy (non-hydrogen) atoms. The molecule has 0 bridgehead atoms. The Labute approximate surface area is 113 Å². The number of carbonyl (C=O) groups is 1. The zero-order valence-electron chi connectivity index (χ0n) is 9.31. The first-order chi connectivity index (χ1) is 7.99. The van der Waals surface area contributed by atoms with Crippen molar-refractivity contribution in [1.82, 2.24) is 0 Å². The molecule has 1 aromatic carbocycles. The maximum atomic E-state index is 11.6. The van der Waals surface area contributed by atoms with Crippen molar-refractivity contribution in [3.8, 4) is 0 Å². The fourth-order valence-corrected chi connectivity index (χ4v) is 2.32. The highest BCUT2D eigenvalue weighted by Crippen LogP contribution is 2.28. The number of methoxy groups -OCH3 is 2. The van der Waals surface area contributed by atoms with E-state index in [1.807, 2.05) is 0 Å². The molecule has 0 aliphatic rings. The molecule has 1 rings (SSSR count). The second-order valence-corrected chi connectivity index (χ2v) is 4.68. The lowest BCUT2D eigenvalue weighted by molar-refractivity contribution is -0.157. The summed E-state index contributed by atoms with van der Waals surface area (Å²) >= 11 is 9.15. The maximum absolute atomic E-state index is 11.6. The first-order valence-electron chi connectivity index (χ1n) is 4.74. The number of halogens is 2. The van der Waals surface area contributed by atoms with E-state index in [0.717, 1.165) is 0 Å². The maximum Gasteiger partial charge on any atom is 0.318 e. The first kappa shape index (κ1) is 14.4. The number of hydrogen-bond acceptors (Lipinski definition) is 4. The van der Waals surface area contributed by atoms with Gasteiger partial charge < -0.3 is 14.6 Å². The molecular weight excluding hydrogens is 311 g/mol. The third-order valence-electron chi connectivity index (χ3n) is 2.23. The van der Waals surface area contributed by atoms with Crippen LogP contribution in [0.3, 0.4) is 0 Å². The van der Waals surface area contributed by atoms with Crippen molar-refractivity contribution in [1.29, 1.82) is 0 Å². The van der Waals surface area contributed by atoms with Crippen LogP contribution in [0.1, 0.15) is 11.5 Å². The zero-order chi connectivity index (χ0) is 13.0. The van der Waals surface area contributed by atoms with E-state index in [-0.39, 0.29) is 0 Å². The van der Waals surface area contributed by atoms with Crippen LogP contribution in [0.25, 0.3) is 0 Å². The number of rotatable bonds is 4. The fourth-order valence-electron chi connectivity index (χ4n) is 1.43. The van der Waals surface area contributed by atoms with Gasteiger partial charge in [0, 0.05) is 16.6 Å². The van der Waals surface area contributed by atoms with Gasteiger partial charge in [-0.15, -0.1) is 0 Å². The number of hydrogen-bond donors (Lipinski definition) is 1. The van der Waals surface area contributed by atoms with Crippen LogP contribution in [0.15, 0.2) is 22.7 Å². The lowest BCUT2D eigenvalue weighted by atomic mass is 9.98. The molecule has 0 aromatic heterocycles. The zero-order valence-corrected chi connectivity index (χ0v) is 11.7. The summed E-state index contributed by atoms with van der Waals surface area (Å²) in [6.07, 6.45) is -1.28. The van der Waals surface area contributed by atoms with Crippen LogP contribution in [-0.4, -0.2) is 31.6 Å². The van der Waals surface area contributed by atoms with E-state index in [1.54, 1.807) is 18.2 Å². The van der Waals surface area contributed by atoms with E-state index in [1.165, 1.54) is 14.2 Å². The van der Waals surface area contributed by atoms with Gasteiger partial charge in [-0.1, -0.05) is 27.5 Å². The van der Waals surface area contributed by atoms with Crippen LogP contribution in [-0.2, 0) is 14.3 Å². The molecule has 0 aliphatic heterocycles. The standard InChI is InChI=1S/C11H12BrClO4/c1-16-10(14)9(11(15)17-2)6-3-7(12)5-8(13)4-6/h3-5,9-10,14H,1-2H3. The smallest absolute Gasteiger partial charge is 0.318 e. The van der Waals surface area contributed by atoms with Gasteiger partial charge in [0.1, 0.15) is 5.92 Å². The molecule has 0 saturated heterocycles. The molecule has 0 amide bonds. The summed E-state index contributed by atoms with van der Waals surface area (Å²) in [4.78, 5) is 11.6. The van der Waals surface area contributed by atoms with Crippen molar-refractivity contribution in [3.63, 3.8) is 0 Å². The number of carbonyl (C=O) groups excluding carboxylic acids is 1. The van der Waals surface area contributed by atoms with Gasteiger partial charge >= 0.3 is 5.97 Å². The summed E-state index contributed by atoms with van der Waals surface area (Å²) in [5, 5.41) is 10.1. The van der Waals surface area contributed by atoms with E-state index in [0.29, 0.717) is 15.1 Å². The molecule has 0 fully saturated rings. The van der Waals surface area contributed by atoms with E-state index >= 15 is 0 Å². The highest BCUT2D eigenvalue weighted by Gasteiger charge is 2.30. The quantitative estimate of drug-likeness (QED) is 0.682. The average molecular weight is 324 g/mol. The van der Waals surface area contributed by atoms with Gasteiger partial charge in [-0.2, -0.15) is 0 Å². The number of aliphatic hydroxyl groups is 1. The molecule has 4 nitrogen and oxygen atoms in total. The summed E-state index contributed by atoms with van der Waals surface area (Å²) in [5.74, 6) is -1.52. The molecule has 0 heterocycles. The molecule has 0 spiro atoms. The Balaban J connectivity index is 3.16. The monoisotopic (exact) mass is 322 g/mol. The Hall–Kier alpha value is -0.620. The number of esters is 1. The first-order valence-corrected chi connectivity index (χ1v) is 5.91. The highest BCUT2D eigenvalue weighted by molar-refractivity contribution is 9.10. The minimum Gasteiger partial charge on any atom is -0.468 e. The average Bonchev–Trinajstić information content (AvgIpc) is 2.27. The largest absolute Gasteiger partial charge is 0.468 e. The molecule has 0 saturated carbocycles. The predicted molar refractivity (Wildman–Crippen MR) is 66.9 cm³/mol. The van der Waals surface area contributed by atoms with Crippen molar-refractivity contribution in [2.75, 3.05) is 14.2 Å². The highest BCUT2D eigenvalue weighted by atomic mass is 79.9. The molecule has 0 aliphatic carbocycles. The molecule has 1 aromatic rings. The topological polar surface area (TPSA) is 55.8 Å². The van der Waals surface area contributed by atoms with Gasteiger partial charge in [-0.25, -0.2) is 0 Å². The van der Waals surface area contributed by atoms with Gasteiger partial charge in [0.15, 0.2) is 6.29 Å². The van der Waals surface area contributed by atoms with Gasteiger partial charge in [0.2, 0.25) is 0 Å². The lowest BCUT2D eigenvalue weighted by Crippen LogP contribution is -2.28. The SMILES string of the molecule is COC(=O)C(c1cc(Cl)cc(Br)c1)C(O)OC. The Morgan fingerprint density at radius 2 is 2.06 bits per heavy atom. The van der Waals surface area contributed by atoms with Crippen molar-refractivity contribution in [2.45, 2.75) is 12.2 Å². The molecule has 94 valence electrons. The summed E-state index contributed by atoms with van der Waals surface area (Å²) in [6.45, 7) is 0. The summed E-state index contributed by atoms with van der Waals surface area (Å²) in [6, 6.07) is 4.93. The van der Waals surface area contributed by atoms with Crippen LogP contribution < -0.4 is 0 Å². The van der Waals surface area contributed by atoms with Crippen LogP contribution in [0.5, 0.6) is 0 Å². The third kappa shape index (κ3) is 3.67.